The molecule has 1 aromatic heterocycles. The Bertz CT molecular complexity index is 571. The van der Waals surface area contributed by atoms with Crippen LogP contribution in [0.3, 0.4) is 0 Å². The third-order valence-corrected chi connectivity index (χ3v) is 3.49. The van der Waals surface area contributed by atoms with Gasteiger partial charge in [0.2, 0.25) is 5.78 Å². The van der Waals surface area contributed by atoms with E-state index in [0.717, 1.165) is 12.8 Å². The van der Waals surface area contributed by atoms with Crippen molar-refractivity contribution in [1.29, 1.82) is 0 Å². The maximum absolute atomic E-state index is 12.4. The maximum atomic E-state index is 12.4. The molecule has 1 atom stereocenters. The number of hydrogen-bond donors (Lipinski definition) is 0. The number of rotatable bonds is 2. The molecular weight excluding hydrogens is 212 g/mol. The number of benzene rings is 1. The Morgan fingerprint density at radius 3 is 3.00 bits per heavy atom. The number of Topliss-reactive ketones (excluding diaryl/α,β-unsaturated/α-hetero) is 1. The number of hydrogen-bond acceptors (Lipinski definition) is 2. The number of carbonyl (C=O) groups is 1. The minimum Gasteiger partial charge on any atom is -0.332 e. The summed E-state index contributed by atoms with van der Waals surface area (Å²) in [6, 6.07) is 8.21. The van der Waals surface area contributed by atoms with E-state index in [2.05, 4.69) is 17.1 Å². The number of aromatic nitrogens is 2. The van der Waals surface area contributed by atoms with Crippen LogP contribution in [0.2, 0.25) is 0 Å². The van der Waals surface area contributed by atoms with Gasteiger partial charge in [0.25, 0.3) is 0 Å². The zero-order chi connectivity index (χ0) is 11.8. The van der Waals surface area contributed by atoms with Crippen molar-refractivity contribution in [3.05, 3.63) is 53.6 Å². The fraction of sp³-hybridized carbons (Fsp3) is 0.286. The van der Waals surface area contributed by atoms with Crippen LogP contribution in [-0.4, -0.2) is 15.3 Å². The quantitative estimate of drug-likeness (QED) is 0.737. The van der Waals surface area contributed by atoms with Crippen molar-refractivity contribution in [2.24, 2.45) is 7.05 Å². The Kier molecular flexibility index (Phi) is 2.32. The van der Waals surface area contributed by atoms with Crippen molar-refractivity contribution in [1.82, 2.24) is 9.55 Å². The first kappa shape index (κ1) is 10.3. The van der Waals surface area contributed by atoms with Crippen LogP contribution < -0.4 is 0 Å². The fourth-order valence-corrected chi connectivity index (χ4v) is 2.59. The van der Waals surface area contributed by atoms with E-state index in [1.165, 1.54) is 11.1 Å². The van der Waals surface area contributed by atoms with E-state index < -0.39 is 0 Å². The Morgan fingerprint density at radius 1 is 1.41 bits per heavy atom. The molecule has 3 heteroatoms. The zero-order valence-electron chi connectivity index (χ0n) is 9.76. The molecule has 0 saturated heterocycles. The van der Waals surface area contributed by atoms with E-state index in [-0.39, 0.29) is 11.7 Å². The largest absolute Gasteiger partial charge is 0.332 e. The molecule has 0 saturated carbocycles. The van der Waals surface area contributed by atoms with Gasteiger partial charge >= 0.3 is 0 Å². The van der Waals surface area contributed by atoms with Crippen molar-refractivity contribution in [3.63, 3.8) is 0 Å². The van der Waals surface area contributed by atoms with Crippen LogP contribution >= 0.6 is 0 Å². The standard InChI is InChI=1S/C14H14N2O/c1-16-9-8-15-14(16)13(17)12-7-6-10-4-2-3-5-11(10)12/h2-5,8-9,12H,6-7H2,1H3. The molecule has 2 aromatic rings. The summed E-state index contributed by atoms with van der Waals surface area (Å²) < 4.78 is 1.79. The highest BCUT2D eigenvalue weighted by atomic mass is 16.1. The lowest BCUT2D eigenvalue weighted by Crippen LogP contribution is -2.15. The van der Waals surface area contributed by atoms with Crippen molar-refractivity contribution < 1.29 is 4.79 Å². The smallest absolute Gasteiger partial charge is 0.205 e. The predicted octanol–water partition coefficient (Wildman–Crippen LogP) is 2.33. The second-order valence-corrected chi connectivity index (χ2v) is 4.52. The second kappa shape index (κ2) is 3.84. The summed E-state index contributed by atoms with van der Waals surface area (Å²) in [6.45, 7) is 0. The highest BCUT2D eigenvalue weighted by Crippen LogP contribution is 2.34. The molecule has 0 amide bonds. The van der Waals surface area contributed by atoms with E-state index in [9.17, 15) is 4.79 Å². The molecule has 0 radical (unpaired) electrons. The average molecular weight is 226 g/mol. The van der Waals surface area contributed by atoms with Gasteiger partial charge in [-0.25, -0.2) is 4.98 Å². The van der Waals surface area contributed by atoms with Crippen molar-refractivity contribution >= 4 is 5.78 Å². The zero-order valence-corrected chi connectivity index (χ0v) is 9.76. The highest BCUT2D eigenvalue weighted by Gasteiger charge is 2.30. The Balaban J connectivity index is 1.98. The van der Waals surface area contributed by atoms with Gasteiger partial charge in [0.1, 0.15) is 0 Å². The number of imidazole rings is 1. The number of fused-ring (bicyclic) bond motifs is 1. The lowest BCUT2D eigenvalue weighted by atomic mass is 9.96. The molecule has 0 aliphatic heterocycles. The molecule has 3 rings (SSSR count). The van der Waals surface area contributed by atoms with E-state index in [0.29, 0.717) is 5.82 Å². The summed E-state index contributed by atoms with van der Waals surface area (Å²) in [6.07, 6.45) is 5.39. The van der Waals surface area contributed by atoms with Gasteiger partial charge in [-0.15, -0.1) is 0 Å². The van der Waals surface area contributed by atoms with E-state index in [1.54, 1.807) is 10.8 Å². The normalized spacial score (nSPS) is 18.1. The van der Waals surface area contributed by atoms with Crippen LogP contribution in [0.4, 0.5) is 0 Å². The maximum Gasteiger partial charge on any atom is 0.205 e. The SMILES string of the molecule is Cn1ccnc1C(=O)C1CCc2ccccc21. The lowest BCUT2D eigenvalue weighted by molar-refractivity contribution is 0.0946. The highest BCUT2D eigenvalue weighted by molar-refractivity contribution is 5.98. The Hall–Kier alpha value is -1.90. The number of aryl methyl sites for hydroxylation is 2. The van der Waals surface area contributed by atoms with Crippen molar-refractivity contribution in [2.75, 3.05) is 0 Å². The lowest BCUT2D eigenvalue weighted by Gasteiger charge is -2.09. The van der Waals surface area contributed by atoms with Crippen LogP contribution in [-0.2, 0) is 13.5 Å². The molecule has 0 N–H and O–H groups in total. The molecule has 3 nitrogen and oxygen atoms in total. The molecule has 1 aliphatic carbocycles. The first-order chi connectivity index (χ1) is 8.27. The minimum atomic E-state index is -0.00713. The topological polar surface area (TPSA) is 34.9 Å². The summed E-state index contributed by atoms with van der Waals surface area (Å²) in [5.41, 5.74) is 2.49. The van der Waals surface area contributed by atoms with Gasteiger partial charge in [0.15, 0.2) is 5.82 Å². The second-order valence-electron chi connectivity index (χ2n) is 4.52. The summed E-state index contributed by atoms with van der Waals surface area (Å²) in [7, 11) is 1.86. The van der Waals surface area contributed by atoms with Crippen LogP contribution in [0.5, 0.6) is 0 Å². The van der Waals surface area contributed by atoms with Gasteiger partial charge in [-0.05, 0) is 24.0 Å². The van der Waals surface area contributed by atoms with Gasteiger partial charge < -0.3 is 4.57 Å². The van der Waals surface area contributed by atoms with E-state index in [4.69, 9.17) is 0 Å². The molecule has 17 heavy (non-hydrogen) atoms. The Morgan fingerprint density at radius 2 is 2.24 bits per heavy atom. The van der Waals surface area contributed by atoms with Crippen LogP contribution in [0.15, 0.2) is 36.7 Å². The molecule has 1 aliphatic rings. The molecule has 86 valence electrons. The number of ketones is 1. The third kappa shape index (κ3) is 1.58. The molecule has 1 aromatic carbocycles. The van der Waals surface area contributed by atoms with Gasteiger partial charge in [-0.3, -0.25) is 4.79 Å². The van der Waals surface area contributed by atoms with Crippen LogP contribution in [0.25, 0.3) is 0 Å². The van der Waals surface area contributed by atoms with Gasteiger partial charge in [0.05, 0.1) is 5.92 Å². The average Bonchev–Trinajstić information content (AvgIpc) is 2.94. The van der Waals surface area contributed by atoms with Crippen molar-refractivity contribution in [2.45, 2.75) is 18.8 Å². The predicted molar refractivity (Wildman–Crippen MR) is 65.0 cm³/mol. The van der Waals surface area contributed by atoms with Crippen molar-refractivity contribution in [3.8, 4) is 0 Å². The molecular formula is C14H14N2O. The van der Waals surface area contributed by atoms with Gasteiger partial charge in [0, 0.05) is 19.4 Å². The minimum absolute atomic E-state index is 0.00713. The number of nitrogens with zero attached hydrogens (tertiary/aromatic N) is 2. The summed E-state index contributed by atoms with van der Waals surface area (Å²) in [5.74, 6) is 0.696. The fourth-order valence-electron chi connectivity index (χ4n) is 2.59. The number of carbonyl (C=O) groups excluding carboxylic acids is 1. The summed E-state index contributed by atoms with van der Waals surface area (Å²) in [5, 5.41) is 0. The third-order valence-electron chi connectivity index (χ3n) is 3.49. The molecule has 0 spiro atoms. The van der Waals surface area contributed by atoms with Crippen LogP contribution in [0.1, 0.15) is 34.1 Å². The monoisotopic (exact) mass is 226 g/mol. The molecule has 0 bridgehead atoms. The first-order valence-corrected chi connectivity index (χ1v) is 5.86. The van der Waals surface area contributed by atoms with E-state index >= 15 is 0 Å². The summed E-state index contributed by atoms with van der Waals surface area (Å²) in [4.78, 5) is 16.6. The van der Waals surface area contributed by atoms with Crippen LogP contribution in [0, 0.1) is 0 Å². The Labute approximate surface area is 100 Å². The molecule has 0 fully saturated rings. The molecule has 1 unspecified atom stereocenters. The van der Waals surface area contributed by atoms with E-state index in [1.807, 2.05) is 25.4 Å². The summed E-state index contributed by atoms with van der Waals surface area (Å²) >= 11 is 0. The first-order valence-electron chi connectivity index (χ1n) is 5.86. The molecule has 1 heterocycles. The van der Waals surface area contributed by atoms with Gasteiger partial charge in [-0.1, -0.05) is 24.3 Å². The van der Waals surface area contributed by atoms with Gasteiger partial charge in [-0.2, -0.15) is 0 Å².